The summed E-state index contributed by atoms with van der Waals surface area (Å²) >= 11 is 0. The normalized spacial score (nSPS) is 18.0. The lowest BCUT2D eigenvalue weighted by Gasteiger charge is -2.28. The second kappa shape index (κ2) is 11.1. The number of nitrogens with zero attached hydrogens (tertiary/aromatic N) is 2. The first-order valence-corrected chi connectivity index (χ1v) is 11.5. The fourth-order valence-electron chi connectivity index (χ4n) is 4.28. The van der Waals surface area contributed by atoms with E-state index >= 15 is 0 Å². The number of aliphatic hydroxyl groups is 1. The lowest BCUT2D eigenvalue weighted by Crippen LogP contribution is -2.38. The standard InChI is InChI=1S/C27H32N2O3/c30-25(20-28-18-14-23(15-19-28)22-8-2-1-3-9-22)21-32-26-11-5-4-10-24(26)12-13-27(31)29-16-6-7-17-29/h1-5,8-14,25,30H,6-7,15-21H2. The number of likely N-dealkylation sites (tertiary alicyclic amines) is 1. The molecule has 2 heterocycles. The molecule has 1 amide bonds. The number of aliphatic hydroxyl groups excluding tert-OH is 1. The minimum Gasteiger partial charge on any atom is -0.490 e. The number of hydrogen-bond donors (Lipinski definition) is 1. The molecular formula is C27H32N2O3. The number of amides is 1. The summed E-state index contributed by atoms with van der Waals surface area (Å²) in [5.41, 5.74) is 3.50. The fourth-order valence-corrected chi connectivity index (χ4v) is 4.28. The summed E-state index contributed by atoms with van der Waals surface area (Å²) in [5.74, 6) is 0.729. The van der Waals surface area contributed by atoms with Gasteiger partial charge in [-0.05, 0) is 42.5 Å². The van der Waals surface area contributed by atoms with Crippen molar-refractivity contribution in [3.05, 3.63) is 77.9 Å². The summed E-state index contributed by atoms with van der Waals surface area (Å²) in [7, 11) is 0. The maximum absolute atomic E-state index is 12.3. The zero-order valence-electron chi connectivity index (χ0n) is 18.5. The van der Waals surface area contributed by atoms with E-state index in [0.29, 0.717) is 12.3 Å². The van der Waals surface area contributed by atoms with Gasteiger partial charge >= 0.3 is 0 Å². The van der Waals surface area contributed by atoms with E-state index in [4.69, 9.17) is 4.74 Å². The van der Waals surface area contributed by atoms with Crippen molar-refractivity contribution in [3.8, 4) is 5.75 Å². The van der Waals surface area contributed by atoms with Crippen molar-refractivity contribution in [2.24, 2.45) is 0 Å². The van der Waals surface area contributed by atoms with Gasteiger partial charge in [-0.1, -0.05) is 54.6 Å². The van der Waals surface area contributed by atoms with E-state index in [1.807, 2.05) is 41.3 Å². The predicted octanol–water partition coefficient (Wildman–Crippen LogP) is 3.85. The molecule has 0 spiro atoms. The zero-order valence-corrected chi connectivity index (χ0v) is 18.5. The average molecular weight is 433 g/mol. The highest BCUT2D eigenvalue weighted by molar-refractivity contribution is 5.92. The van der Waals surface area contributed by atoms with Crippen LogP contribution in [-0.4, -0.2) is 66.2 Å². The fraction of sp³-hybridized carbons (Fsp3) is 0.370. The van der Waals surface area contributed by atoms with Gasteiger partial charge in [0.2, 0.25) is 5.91 Å². The van der Waals surface area contributed by atoms with E-state index in [1.54, 1.807) is 6.08 Å². The Labute approximate surface area is 190 Å². The Morgan fingerprint density at radius 2 is 1.78 bits per heavy atom. The molecule has 5 heteroatoms. The average Bonchev–Trinajstić information content (AvgIpc) is 3.38. The molecule has 1 unspecified atom stereocenters. The first kappa shape index (κ1) is 22.3. The van der Waals surface area contributed by atoms with Crippen LogP contribution < -0.4 is 4.74 Å². The van der Waals surface area contributed by atoms with Crippen LogP contribution in [0.3, 0.4) is 0 Å². The van der Waals surface area contributed by atoms with Crippen LogP contribution in [0.25, 0.3) is 11.6 Å². The van der Waals surface area contributed by atoms with E-state index in [0.717, 1.165) is 51.0 Å². The van der Waals surface area contributed by atoms with Crippen molar-refractivity contribution >= 4 is 17.6 Å². The number of para-hydroxylation sites is 1. The largest absolute Gasteiger partial charge is 0.490 e. The summed E-state index contributed by atoms with van der Waals surface area (Å²) in [6, 6.07) is 18.1. The summed E-state index contributed by atoms with van der Waals surface area (Å²) < 4.78 is 5.92. The van der Waals surface area contributed by atoms with E-state index in [9.17, 15) is 9.90 Å². The molecule has 0 bridgehead atoms. The van der Waals surface area contributed by atoms with Crippen LogP contribution in [0.1, 0.15) is 30.4 Å². The highest BCUT2D eigenvalue weighted by Gasteiger charge is 2.18. The van der Waals surface area contributed by atoms with Crippen LogP contribution >= 0.6 is 0 Å². The van der Waals surface area contributed by atoms with Crippen LogP contribution in [-0.2, 0) is 4.79 Å². The first-order chi connectivity index (χ1) is 15.7. The number of hydrogen-bond acceptors (Lipinski definition) is 4. The minimum atomic E-state index is -0.579. The third-order valence-electron chi connectivity index (χ3n) is 6.08. The van der Waals surface area contributed by atoms with E-state index in [-0.39, 0.29) is 12.5 Å². The van der Waals surface area contributed by atoms with Gasteiger partial charge in [-0.15, -0.1) is 0 Å². The number of carbonyl (C=O) groups is 1. The van der Waals surface area contributed by atoms with E-state index in [2.05, 4.69) is 35.2 Å². The van der Waals surface area contributed by atoms with Gasteiger partial charge in [0.05, 0.1) is 0 Å². The molecule has 2 aromatic carbocycles. The molecule has 1 fully saturated rings. The van der Waals surface area contributed by atoms with Crippen molar-refractivity contribution in [3.63, 3.8) is 0 Å². The van der Waals surface area contributed by atoms with Gasteiger partial charge in [0.1, 0.15) is 18.5 Å². The molecule has 0 aliphatic carbocycles. The van der Waals surface area contributed by atoms with Crippen LogP contribution in [0.15, 0.2) is 66.7 Å². The molecule has 4 rings (SSSR count). The van der Waals surface area contributed by atoms with E-state index < -0.39 is 6.10 Å². The molecule has 0 saturated carbocycles. The quantitative estimate of drug-likeness (QED) is 0.644. The molecule has 0 radical (unpaired) electrons. The van der Waals surface area contributed by atoms with Crippen molar-refractivity contribution in [1.29, 1.82) is 0 Å². The van der Waals surface area contributed by atoms with Crippen molar-refractivity contribution in [1.82, 2.24) is 9.80 Å². The highest BCUT2D eigenvalue weighted by Crippen LogP contribution is 2.23. The summed E-state index contributed by atoms with van der Waals surface area (Å²) in [6.45, 7) is 4.23. The van der Waals surface area contributed by atoms with Crippen LogP contribution in [0, 0.1) is 0 Å². The second-order valence-electron chi connectivity index (χ2n) is 8.47. The Bertz CT molecular complexity index is 948. The van der Waals surface area contributed by atoms with Gasteiger partial charge in [0, 0.05) is 44.4 Å². The third-order valence-corrected chi connectivity index (χ3v) is 6.08. The molecule has 2 aliphatic rings. The molecule has 32 heavy (non-hydrogen) atoms. The first-order valence-electron chi connectivity index (χ1n) is 11.5. The molecule has 1 saturated heterocycles. The Morgan fingerprint density at radius 3 is 2.53 bits per heavy atom. The summed E-state index contributed by atoms with van der Waals surface area (Å²) in [5, 5.41) is 10.5. The van der Waals surface area contributed by atoms with Gasteiger partial charge in [0.15, 0.2) is 0 Å². The second-order valence-corrected chi connectivity index (χ2v) is 8.47. The van der Waals surface area contributed by atoms with E-state index in [1.165, 1.54) is 11.1 Å². The Morgan fingerprint density at radius 1 is 1.03 bits per heavy atom. The number of β-amino-alcohol motifs (C(OH)–C–C–N with tert-alkyl or cyclic N) is 1. The van der Waals surface area contributed by atoms with Crippen molar-refractivity contribution in [2.75, 3.05) is 39.3 Å². The predicted molar refractivity (Wildman–Crippen MR) is 128 cm³/mol. The van der Waals surface area contributed by atoms with Gasteiger partial charge in [-0.25, -0.2) is 0 Å². The molecule has 1 N–H and O–H groups in total. The third kappa shape index (κ3) is 6.09. The van der Waals surface area contributed by atoms with Gasteiger partial charge < -0.3 is 14.7 Å². The number of rotatable bonds is 8. The SMILES string of the molecule is O=C(C=Cc1ccccc1OCC(O)CN1CC=C(c2ccccc2)CC1)N1CCCC1. The Balaban J connectivity index is 1.27. The van der Waals surface area contributed by atoms with Crippen molar-refractivity contribution < 1.29 is 14.6 Å². The van der Waals surface area contributed by atoms with Crippen LogP contribution in [0.4, 0.5) is 0 Å². The molecule has 2 aromatic rings. The maximum Gasteiger partial charge on any atom is 0.246 e. The summed E-state index contributed by atoms with van der Waals surface area (Å²) in [4.78, 5) is 16.4. The lowest BCUT2D eigenvalue weighted by atomic mass is 9.99. The number of ether oxygens (including phenoxy) is 1. The molecule has 0 aromatic heterocycles. The molecular weight excluding hydrogens is 400 g/mol. The topological polar surface area (TPSA) is 53.0 Å². The number of carbonyl (C=O) groups excluding carboxylic acids is 1. The lowest BCUT2D eigenvalue weighted by molar-refractivity contribution is -0.124. The Kier molecular flexibility index (Phi) is 7.75. The number of benzene rings is 2. The molecule has 5 nitrogen and oxygen atoms in total. The smallest absolute Gasteiger partial charge is 0.246 e. The van der Waals surface area contributed by atoms with Crippen LogP contribution in [0.2, 0.25) is 0 Å². The van der Waals surface area contributed by atoms with Gasteiger partial charge in [-0.3, -0.25) is 9.69 Å². The van der Waals surface area contributed by atoms with Crippen LogP contribution in [0.5, 0.6) is 5.75 Å². The Hall–Kier alpha value is -2.89. The van der Waals surface area contributed by atoms with Gasteiger partial charge in [-0.2, -0.15) is 0 Å². The zero-order chi connectivity index (χ0) is 22.2. The maximum atomic E-state index is 12.3. The molecule has 1 atom stereocenters. The highest BCUT2D eigenvalue weighted by atomic mass is 16.5. The van der Waals surface area contributed by atoms with Gasteiger partial charge in [0.25, 0.3) is 0 Å². The molecule has 168 valence electrons. The minimum absolute atomic E-state index is 0.0466. The van der Waals surface area contributed by atoms with Crippen molar-refractivity contribution in [2.45, 2.75) is 25.4 Å². The monoisotopic (exact) mass is 432 g/mol. The molecule has 2 aliphatic heterocycles. The summed E-state index contributed by atoms with van der Waals surface area (Å²) in [6.07, 6.45) is 8.25.